The molecule has 0 aliphatic carbocycles. The normalized spacial score (nSPS) is 24.3. The lowest BCUT2D eigenvalue weighted by Gasteiger charge is -2.27. The molecule has 0 bridgehead atoms. The summed E-state index contributed by atoms with van der Waals surface area (Å²) in [4.78, 5) is 4.64. The van der Waals surface area contributed by atoms with Crippen LogP contribution in [0.25, 0.3) is 10.2 Å². The molecule has 1 N–H and O–H groups in total. The van der Waals surface area contributed by atoms with Gasteiger partial charge in [-0.15, -0.1) is 0 Å². The Bertz CT molecular complexity index is 552. The number of aromatic nitrogens is 1. The molecule has 2 aromatic rings. The highest BCUT2D eigenvalue weighted by atomic mass is 32.1. The Morgan fingerprint density at radius 2 is 2.33 bits per heavy atom. The minimum absolute atomic E-state index is 0.355. The van der Waals surface area contributed by atoms with E-state index in [1.807, 2.05) is 0 Å². The van der Waals surface area contributed by atoms with E-state index < -0.39 is 0 Å². The predicted molar refractivity (Wildman–Crippen MR) is 76.4 cm³/mol. The number of aryl methyl sites for hydroxylation is 1. The predicted octanol–water partition coefficient (Wildman–Crippen LogP) is 3.58. The topological polar surface area (TPSA) is 34.2 Å². The molecule has 1 aliphatic heterocycles. The maximum absolute atomic E-state index is 5.56. The van der Waals surface area contributed by atoms with E-state index in [1.54, 1.807) is 11.3 Å². The first-order chi connectivity index (χ1) is 8.70. The first-order valence-electron chi connectivity index (χ1n) is 6.46. The molecule has 1 saturated heterocycles. The molecule has 0 radical (unpaired) electrons. The zero-order valence-corrected chi connectivity index (χ0v) is 11.6. The van der Waals surface area contributed by atoms with Gasteiger partial charge in [-0.3, -0.25) is 0 Å². The monoisotopic (exact) mass is 262 g/mol. The maximum Gasteiger partial charge on any atom is 0.184 e. The van der Waals surface area contributed by atoms with Gasteiger partial charge in [0.1, 0.15) is 0 Å². The number of anilines is 1. The number of hydrogen-bond donors (Lipinski definition) is 1. The molecule has 1 aromatic heterocycles. The van der Waals surface area contributed by atoms with Crippen molar-refractivity contribution < 1.29 is 4.74 Å². The quantitative estimate of drug-likeness (QED) is 0.898. The minimum atomic E-state index is 0.355. The fourth-order valence-electron chi connectivity index (χ4n) is 2.40. The van der Waals surface area contributed by atoms with Crippen molar-refractivity contribution >= 4 is 26.7 Å². The molecule has 3 rings (SSSR count). The Morgan fingerprint density at radius 3 is 3.17 bits per heavy atom. The Balaban J connectivity index is 1.78. The van der Waals surface area contributed by atoms with Crippen molar-refractivity contribution in [3.8, 4) is 0 Å². The van der Waals surface area contributed by atoms with Gasteiger partial charge in [0.2, 0.25) is 0 Å². The van der Waals surface area contributed by atoms with Crippen LogP contribution in [0.5, 0.6) is 0 Å². The largest absolute Gasteiger partial charge is 0.378 e. The standard InChI is InChI=1S/C14H18N2OS/c1-9-3-4-12-13(7-9)18-14(16-12)15-11-5-6-17-10(2)8-11/h3-4,7,10-11H,5-6,8H2,1-2H3,(H,15,16). The lowest BCUT2D eigenvalue weighted by molar-refractivity contribution is 0.0232. The third-order valence-electron chi connectivity index (χ3n) is 3.36. The van der Waals surface area contributed by atoms with Gasteiger partial charge in [-0.25, -0.2) is 4.98 Å². The summed E-state index contributed by atoms with van der Waals surface area (Å²) >= 11 is 1.74. The highest BCUT2D eigenvalue weighted by molar-refractivity contribution is 7.22. The number of benzene rings is 1. The molecule has 3 nitrogen and oxygen atoms in total. The number of rotatable bonds is 2. The van der Waals surface area contributed by atoms with Crippen LogP contribution in [0.15, 0.2) is 18.2 Å². The minimum Gasteiger partial charge on any atom is -0.378 e. The zero-order chi connectivity index (χ0) is 12.5. The van der Waals surface area contributed by atoms with Gasteiger partial charge < -0.3 is 10.1 Å². The van der Waals surface area contributed by atoms with Gasteiger partial charge in [0.25, 0.3) is 0 Å². The van der Waals surface area contributed by atoms with Gasteiger partial charge >= 0.3 is 0 Å². The van der Waals surface area contributed by atoms with E-state index in [1.165, 1.54) is 10.3 Å². The second-order valence-corrected chi connectivity index (χ2v) is 6.07. The molecule has 0 spiro atoms. The van der Waals surface area contributed by atoms with Crippen LogP contribution in [0.1, 0.15) is 25.3 Å². The Morgan fingerprint density at radius 1 is 1.44 bits per heavy atom. The SMILES string of the molecule is Cc1ccc2nc(NC3CCOC(C)C3)sc2c1. The van der Waals surface area contributed by atoms with Crippen molar-refractivity contribution in [1.29, 1.82) is 0 Å². The molecule has 0 saturated carbocycles. The smallest absolute Gasteiger partial charge is 0.184 e. The lowest BCUT2D eigenvalue weighted by Crippen LogP contribution is -2.32. The van der Waals surface area contributed by atoms with Crippen LogP contribution >= 0.6 is 11.3 Å². The highest BCUT2D eigenvalue weighted by Gasteiger charge is 2.20. The highest BCUT2D eigenvalue weighted by Crippen LogP contribution is 2.28. The van der Waals surface area contributed by atoms with E-state index in [0.717, 1.165) is 30.1 Å². The summed E-state index contributed by atoms with van der Waals surface area (Å²) in [5, 5.41) is 4.58. The van der Waals surface area contributed by atoms with E-state index in [-0.39, 0.29) is 0 Å². The van der Waals surface area contributed by atoms with Crippen molar-refractivity contribution in [1.82, 2.24) is 4.98 Å². The van der Waals surface area contributed by atoms with Crippen LogP contribution in [-0.4, -0.2) is 23.7 Å². The molecule has 2 atom stereocenters. The molecule has 4 heteroatoms. The van der Waals surface area contributed by atoms with E-state index in [9.17, 15) is 0 Å². The number of fused-ring (bicyclic) bond motifs is 1. The van der Waals surface area contributed by atoms with Gasteiger partial charge in [0.15, 0.2) is 5.13 Å². The summed E-state index contributed by atoms with van der Waals surface area (Å²) in [5.41, 5.74) is 2.38. The fraction of sp³-hybridized carbons (Fsp3) is 0.500. The average molecular weight is 262 g/mol. The number of nitrogens with zero attached hydrogens (tertiary/aromatic N) is 1. The summed E-state index contributed by atoms with van der Waals surface area (Å²) in [7, 11) is 0. The second kappa shape index (κ2) is 4.86. The summed E-state index contributed by atoms with van der Waals surface area (Å²) in [6, 6.07) is 6.90. The molecule has 1 fully saturated rings. The molecule has 1 aromatic carbocycles. The van der Waals surface area contributed by atoms with Crippen molar-refractivity contribution in [3.05, 3.63) is 23.8 Å². The third kappa shape index (κ3) is 2.49. The summed E-state index contributed by atoms with van der Waals surface area (Å²) in [5.74, 6) is 0. The van der Waals surface area contributed by atoms with Crippen molar-refractivity contribution in [2.45, 2.75) is 38.8 Å². The van der Waals surface area contributed by atoms with Crippen LogP contribution in [0.2, 0.25) is 0 Å². The summed E-state index contributed by atoms with van der Waals surface area (Å²) in [6.07, 6.45) is 2.49. The summed E-state index contributed by atoms with van der Waals surface area (Å²) < 4.78 is 6.83. The van der Waals surface area contributed by atoms with E-state index >= 15 is 0 Å². The molecule has 2 heterocycles. The molecule has 0 amide bonds. The Hall–Kier alpha value is -1.13. The van der Waals surface area contributed by atoms with Gasteiger partial charge in [-0.1, -0.05) is 17.4 Å². The molecule has 1 aliphatic rings. The Labute approximate surface area is 111 Å². The van der Waals surface area contributed by atoms with Gasteiger partial charge in [0, 0.05) is 12.6 Å². The molecular weight excluding hydrogens is 244 g/mol. The van der Waals surface area contributed by atoms with Crippen molar-refractivity contribution in [2.24, 2.45) is 0 Å². The van der Waals surface area contributed by atoms with Crippen molar-refractivity contribution in [2.75, 3.05) is 11.9 Å². The number of nitrogens with one attached hydrogen (secondary N) is 1. The molecule has 96 valence electrons. The molecule has 18 heavy (non-hydrogen) atoms. The van der Waals surface area contributed by atoms with Gasteiger partial charge in [-0.05, 0) is 44.4 Å². The summed E-state index contributed by atoms with van der Waals surface area (Å²) in [6.45, 7) is 5.10. The zero-order valence-electron chi connectivity index (χ0n) is 10.8. The van der Waals surface area contributed by atoms with Crippen LogP contribution in [0, 0.1) is 6.92 Å². The van der Waals surface area contributed by atoms with Crippen LogP contribution < -0.4 is 5.32 Å². The fourth-order valence-corrected chi connectivity index (χ4v) is 3.44. The van der Waals surface area contributed by atoms with Crippen molar-refractivity contribution in [3.63, 3.8) is 0 Å². The molecular formula is C14H18N2OS. The van der Waals surface area contributed by atoms with Crippen LogP contribution in [-0.2, 0) is 4.74 Å². The van der Waals surface area contributed by atoms with Crippen LogP contribution in [0.4, 0.5) is 5.13 Å². The second-order valence-electron chi connectivity index (χ2n) is 5.04. The number of thiazole rings is 1. The Kier molecular flexibility index (Phi) is 3.22. The van der Waals surface area contributed by atoms with Crippen LogP contribution in [0.3, 0.4) is 0 Å². The van der Waals surface area contributed by atoms with Gasteiger partial charge in [-0.2, -0.15) is 0 Å². The van der Waals surface area contributed by atoms with Gasteiger partial charge in [0.05, 0.1) is 16.3 Å². The first-order valence-corrected chi connectivity index (χ1v) is 7.28. The average Bonchev–Trinajstić information content (AvgIpc) is 2.70. The number of ether oxygens (including phenoxy) is 1. The van der Waals surface area contributed by atoms with E-state index in [0.29, 0.717) is 12.1 Å². The third-order valence-corrected chi connectivity index (χ3v) is 4.31. The number of hydrogen-bond acceptors (Lipinski definition) is 4. The lowest BCUT2D eigenvalue weighted by atomic mass is 10.1. The molecule has 2 unspecified atom stereocenters. The maximum atomic E-state index is 5.56. The van der Waals surface area contributed by atoms with E-state index in [4.69, 9.17) is 4.74 Å². The van der Waals surface area contributed by atoms with E-state index in [2.05, 4.69) is 42.3 Å². The first kappa shape index (κ1) is 11.9.